The molecule has 19 heavy (non-hydrogen) atoms. The molecule has 2 aliphatic rings. The molecular weight excluding hydrogens is 238 g/mol. The van der Waals surface area contributed by atoms with Crippen LogP contribution in [0.2, 0.25) is 0 Å². The molecule has 1 amide bonds. The summed E-state index contributed by atoms with van der Waals surface area (Å²) >= 11 is 0. The molecule has 2 atom stereocenters. The van der Waals surface area contributed by atoms with E-state index in [1.54, 1.807) is 0 Å². The minimum atomic E-state index is 0.166. The van der Waals surface area contributed by atoms with E-state index in [-0.39, 0.29) is 11.9 Å². The quantitative estimate of drug-likeness (QED) is 0.905. The third-order valence-electron chi connectivity index (χ3n) is 4.45. The first kappa shape index (κ1) is 12.7. The largest absolute Gasteiger partial charge is 0.340 e. The molecule has 0 aromatic carbocycles. The summed E-state index contributed by atoms with van der Waals surface area (Å²) < 4.78 is 2.15. The zero-order chi connectivity index (χ0) is 13.4. The van der Waals surface area contributed by atoms with Crippen LogP contribution >= 0.6 is 0 Å². The maximum absolute atomic E-state index is 12.7. The summed E-state index contributed by atoms with van der Waals surface area (Å²) in [6, 6.07) is 4.69. The number of nitrogens with two attached hydrogens (primary N) is 1. The van der Waals surface area contributed by atoms with E-state index in [2.05, 4.69) is 11.5 Å². The highest BCUT2D eigenvalue weighted by atomic mass is 16.2. The van der Waals surface area contributed by atoms with Gasteiger partial charge in [-0.15, -0.1) is 0 Å². The second-order valence-corrected chi connectivity index (χ2v) is 6.05. The van der Waals surface area contributed by atoms with Gasteiger partial charge in [0.25, 0.3) is 5.91 Å². The Balaban J connectivity index is 1.80. The second-order valence-electron chi connectivity index (χ2n) is 6.05. The summed E-state index contributed by atoms with van der Waals surface area (Å²) in [7, 11) is 0. The summed E-state index contributed by atoms with van der Waals surface area (Å²) in [5, 5.41) is 0. The van der Waals surface area contributed by atoms with E-state index in [0.717, 1.165) is 25.1 Å². The Labute approximate surface area is 114 Å². The van der Waals surface area contributed by atoms with Crippen LogP contribution in [0.1, 0.15) is 49.1 Å². The third kappa shape index (κ3) is 2.41. The topological polar surface area (TPSA) is 51.3 Å². The zero-order valence-electron chi connectivity index (χ0n) is 11.6. The number of rotatable bonds is 3. The Bertz CT molecular complexity index is 464. The van der Waals surface area contributed by atoms with Crippen molar-refractivity contribution in [1.29, 1.82) is 0 Å². The molecule has 1 aromatic heterocycles. The summed E-state index contributed by atoms with van der Waals surface area (Å²) in [4.78, 5) is 14.7. The molecule has 1 aliphatic heterocycles. The number of hydrogen-bond acceptors (Lipinski definition) is 2. The van der Waals surface area contributed by atoms with E-state index in [1.165, 1.54) is 12.8 Å². The first-order chi connectivity index (χ1) is 9.20. The minimum absolute atomic E-state index is 0.166. The lowest BCUT2D eigenvalue weighted by molar-refractivity contribution is 0.0562. The van der Waals surface area contributed by atoms with Crippen LogP contribution in [0.4, 0.5) is 0 Å². The van der Waals surface area contributed by atoms with Crippen molar-refractivity contribution in [1.82, 2.24) is 9.47 Å². The monoisotopic (exact) mass is 261 g/mol. The van der Waals surface area contributed by atoms with E-state index >= 15 is 0 Å². The van der Waals surface area contributed by atoms with Crippen molar-refractivity contribution in [2.24, 2.45) is 11.7 Å². The normalized spacial score (nSPS) is 27.6. The molecule has 4 heteroatoms. The Morgan fingerprint density at radius 2 is 2.21 bits per heavy atom. The van der Waals surface area contributed by atoms with Crippen LogP contribution in [0.3, 0.4) is 0 Å². The average molecular weight is 261 g/mol. The highest BCUT2D eigenvalue weighted by Crippen LogP contribution is 2.36. The molecule has 4 nitrogen and oxygen atoms in total. The van der Waals surface area contributed by atoms with Gasteiger partial charge in [0.15, 0.2) is 0 Å². The molecule has 1 saturated carbocycles. The van der Waals surface area contributed by atoms with E-state index < -0.39 is 0 Å². The first-order valence-electron chi connectivity index (χ1n) is 7.38. The van der Waals surface area contributed by atoms with E-state index in [4.69, 9.17) is 5.73 Å². The van der Waals surface area contributed by atoms with Crippen LogP contribution in [0, 0.1) is 5.92 Å². The number of amides is 1. The van der Waals surface area contributed by atoms with Gasteiger partial charge in [0, 0.05) is 31.4 Å². The number of carbonyl (C=O) groups excluding carboxylic acids is 1. The van der Waals surface area contributed by atoms with Gasteiger partial charge in [0.05, 0.1) is 0 Å². The lowest BCUT2D eigenvalue weighted by Crippen LogP contribution is -2.49. The van der Waals surface area contributed by atoms with Gasteiger partial charge in [-0.25, -0.2) is 0 Å². The smallest absolute Gasteiger partial charge is 0.270 e. The van der Waals surface area contributed by atoms with Crippen molar-refractivity contribution in [2.75, 3.05) is 13.1 Å². The van der Waals surface area contributed by atoms with Crippen molar-refractivity contribution in [3.8, 4) is 0 Å². The van der Waals surface area contributed by atoms with Crippen LogP contribution in [-0.2, 0) is 0 Å². The highest BCUT2D eigenvalue weighted by Gasteiger charge is 2.33. The molecule has 1 saturated heterocycles. The summed E-state index contributed by atoms with van der Waals surface area (Å²) in [5.41, 5.74) is 6.70. The molecule has 3 rings (SSSR count). The van der Waals surface area contributed by atoms with E-state index in [0.29, 0.717) is 18.5 Å². The highest BCUT2D eigenvalue weighted by molar-refractivity contribution is 5.93. The minimum Gasteiger partial charge on any atom is -0.340 e. The number of likely N-dealkylation sites (tertiary alicyclic amines) is 1. The number of carbonyl (C=O) groups is 1. The molecule has 2 unspecified atom stereocenters. The Hall–Kier alpha value is -1.29. The van der Waals surface area contributed by atoms with Crippen molar-refractivity contribution >= 4 is 5.91 Å². The second kappa shape index (κ2) is 5.00. The van der Waals surface area contributed by atoms with Gasteiger partial charge in [-0.1, -0.05) is 6.92 Å². The average Bonchev–Trinajstić information content (AvgIpc) is 3.15. The van der Waals surface area contributed by atoms with Crippen molar-refractivity contribution in [2.45, 2.75) is 44.7 Å². The number of aromatic nitrogens is 1. The molecule has 1 aliphatic carbocycles. The molecule has 104 valence electrons. The van der Waals surface area contributed by atoms with Crippen LogP contribution < -0.4 is 5.73 Å². The van der Waals surface area contributed by atoms with Crippen LogP contribution in [0.5, 0.6) is 0 Å². The SMILES string of the molecule is CC1CCN(C(=O)c2cccn2C2CC2)C(CN)C1. The van der Waals surface area contributed by atoms with Crippen molar-refractivity contribution < 1.29 is 4.79 Å². The van der Waals surface area contributed by atoms with Crippen LogP contribution in [-0.4, -0.2) is 34.5 Å². The Morgan fingerprint density at radius 1 is 1.42 bits per heavy atom. The van der Waals surface area contributed by atoms with Crippen molar-refractivity contribution in [3.05, 3.63) is 24.0 Å². The summed E-state index contributed by atoms with van der Waals surface area (Å²) in [5.74, 6) is 0.840. The predicted molar refractivity (Wildman–Crippen MR) is 75.0 cm³/mol. The van der Waals surface area contributed by atoms with Crippen LogP contribution in [0.25, 0.3) is 0 Å². The van der Waals surface area contributed by atoms with Gasteiger partial charge in [0.2, 0.25) is 0 Å². The molecule has 0 spiro atoms. The maximum Gasteiger partial charge on any atom is 0.270 e. The molecule has 0 radical (unpaired) electrons. The number of hydrogen-bond donors (Lipinski definition) is 1. The predicted octanol–water partition coefficient (Wildman–Crippen LogP) is 2.02. The Morgan fingerprint density at radius 3 is 2.89 bits per heavy atom. The first-order valence-corrected chi connectivity index (χ1v) is 7.38. The summed E-state index contributed by atoms with van der Waals surface area (Å²) in [6.45, 7) is 3.66. The Kier molecular flexibility index (Phi) is 3.35. The van der Waals surface area contributed by atoms with Gasteiger partial charge in [-0.05, 0) is 43.7 Å². The standard InChI is InChI=1S/C15H23N3O/c1-11-6-8-18(13(9-11)10-16)15(19)14-3-2-7-17(14)12-4-5-12/h2-3,7,11-13H,4-6,8-10,16H2,1H3. The van der Waals surface area contributed by atoms with Gasteiger partial charge < -0.3 is 15.2 Å². The fourth-order valence-electron chi connectivity index (χ4n) is 3.14. The molecule has 0 bridgehead atoms. The van der Waals surface area contributed by atoms with Gasteiger partial charge >= 0.3 is 0 Å². The van der Waals surface area contributed by atoms with E-state index in [1.807, 2.05) is 23.2 Å². The third-order valence-corrected chi connectivity index (χ3v) is 4.45. The number of piperidine rings is 1. The molecular formula is C15H23N3O. The maximum atomic E-state index is 12.7. The molecule has 2 fully saturated rings. The number of nitrogens with zero attached hydrogens (tertiary/aromatic N) is 2. The van der Waals surface area contributed by atoms with Crippen LogP contribution in [0.15, 0.2) is 18.3 Å². The fraction of sp³-hybridized carbons (Fsp3) is 0.667. The van der Waals surface area contributed by atoms with Gasteiger partial charge in [-0.3, -0.25) is 4.79 Å². The fourth-order valence-corrected chi connectivity index (χ4v) is 3.14. The molecule has 2 N–H and O–H groups in total. The lowest BCUT2D eigenvalue weighted by Gasteiger charge is -2.38. The molecule has 1 aromatic rings. The van der Waals surface area contributed by atoms with E-state index in [9.17, 15) is 4.79 Å². The zero-order valence-corrected chi connectivity index (χ0v) is 11.6. The van der Waals surface area contributed by atoms with Crippen molar-refractivity contribution in [3.63, 3.8) is 0 Å². The summed E-state index contributed by atoms with van der Waals surface area (Å²) in [6.07, 6.45) is 6.56. The lowest BCUT2D eigenvalue weighted by atomic mass is 9.92. The molecule has 2 heterocycles. The van der Waals surface area contributed by atoms with Gasteiger partial charge in [0.1, 0.15) is 5.69 Å². The van der Waals surface area contributed by atoms with Gasteiger partial charge in [-0.2, -0.15) is 0 Å².